The third kappa shape index (κ3) is 2.93. The second-order valence-electron chi connectivity index (χ2n) is 3.90. The van der Waals surface area contributed by atoms with Gasteiger partial charge in [-0.15, -0.1) is 0 Å². The Bertz CT molecular complexity index is 592. The van der Waals surface area contributed by atoms with E-state index < -0.39 is 5.82 Å². The Morgan fingerprint density at radius 3 is 2.89 bits per heavy atom. The summed E-state index contributed by atoms with van der Waals surface area (Å²) in [7, 11) is 1.56. The van der Waals surface area contributed by atoms with E-state index in [1.54, 1.807) is 32.2 Å². The lowest BCUT2D eigenvalue weighted by Crippen LogP contribution is -2.07. The van der Waals surface area contributed by atoms with Crippen molar-refractivity contribution < 1.29 is 9.13 Å². The topological polar surface area (TPSA) is 47.0 Å². The quantitative estimate of drug-likeness (QED) is 0.935. The van der Waals surface area contributed by atoms with Crippen molar-refractivity contribution in [2.75, 3.05) is 12.4 Å². The Morgan fingerprint density at radius 1 is 1.37 bits per heavy atom. The van der Waals surface area contributed by atoms with Crippen molar-refractivity contribution in [3.63, 3.8) is 0 Å². The van der Waals surface area contributed by atoms with Crippen LogP contribution in [0.3, 0.4) is 0 Å². The van der Waals surface area contributed by atoms with Crippen LogP contribution in [0, 0.1) is 12.7 Å². The average Bonchev–Trinajstić information content (AvgIpc) is 2.41. The maximum absolute atomic E-state index is 13.7. The predicted molar refractivity (Wildman–Crippen MR) is 72.1 cm³/mol. The zero-order valence-corrected chi connectivity index (χ0v) is 11.3. The summed E-state index contributed by atoms with van der Waals surface area (Å²) in [5, 5.41) is 3.45. The minimum Gasteiger partial charge on any atom is -0.496 e. The van der Waals surface area contributed by atoms with Gasteiger partial charge in [0.1, 0.15) is 12.1 Å². The molecule has 0 aliphatic rings. The molecule has 0 fully saturated rings. The summed E-state index contributed by atoms with van der Waals surface area (Å²) in [5.74, 6) is 0.328. The van der Waals surface area contributed by atoms with Gasteiger partial charge in [-0.2, -0.15) is 0 Å². The van der Waals surface area contributed by atoms with E-state index in [0.29, 0.717) is 23.0 Å². The second kappa shape index (κ2) is 5.84. The van der Waals surface area contributed by atoms with Crippen LogP contribution in [0.25, 0.3) is 0 Å². The molecule has 1 heterocycles. The van der Waals surface area contributed by atoms with Crippen LogP contribution in [-0.2, 0) is 6.54 Å². The minimum absolute atomic E-state index is 0.148. The third-order valence-electron chi connectivity index (χ3n) is 2.69. The van der Waals surface area contributed by atoms with Gasteiger partial charge in [0.2, 0.25) is 0 Å². The minimum atomic E-state index is -0.464. The number of nitrogens with one attached hydrogen (secondary N) is 1. The van der Waals surface area contributed by atoms with Crippen LogP contribution in [-0.4, -0.2) is 17.1 Å². The molecule has 1 aromatic carbocycles. The molecule has 0 aliphatic carbocycles. The van der Waals surface area contributed by atoms with E-state index in [0.717, 1.165) is 5.56 Å². The summed E-state index contributed by atoms with van der Waals surface area (Å²) < 4.78 is 19.0. The molecule has 100 valence electrons. The first-order valence-corrected chi connectivity index (χ1v) is 6.03. The number of methoxy groups -OCH3 is 1. The third-order valence-corrected chi connectivity index (χ3v) is 3.05. The van der Waals surface area contributed by atoms with E-state index in [9.17, 15) is 4.39 Å². The fourth-order valence-corrected chi connectivity index (χ4v) is 1.89. The normalized spacial score (nSPS) is 10.3. The molecule has 0 aliphatic heterocycles. The highest BCUT2D eigenvalue weighted by Gasteiger charge is 2.11. The first kappa shape index (κ1) is 13.5. The zero-order chi connectivity index (χ0) is 13.8. The van der Waals surface area contributed by atoms with Crippen molar-refractivity contribution in [2.45, 2.75) is 13.5 Å². The second-order valence-corrected chi connectivity index (χ2v) is 4.30. The lowest BCUT2D eigenvalue weighted by Gasteiger charge is -2.12. The summed E-state index contributed by atoms with van der Waals surface area (Å²) in [4.78, 5) is 7.63. The molecule has 0 saturated carbocycles. The van der Waals surface area contributed by atoms with Crippen molar-refractivity contribution in [3.05, 3.63) is 46.6 Å². The number of ether oxygens (including phenoxy) is 1. The van der Waals surface area contributed by atoms with Gasteiger partial charge in [0.25, 0.3) is 0 Å². The number of hydrogen-bond donors (Lipinski definition) is 1. The Balaban J connectivity index is 2.21. The van der Waals surface area contributed by atoms with Gasteiger partial charge in [-0.25, -0.2) is 14.4 Å². The van der Waals surface area contributed by atoms with Gasteiger partial charge in [0.05, 0.1) is 12.8 Å². The molecular formula is C13H13ClFN3O. The molecule has 4 nitrogen and oxygen atoms in total. The van der Waals surface area contributed by atoms with E-state index in [-0.39, 0.29) is 5.82 Å². The number of nitrogens with zero attached hydrogens (tertiary/aromatic N) is 2. The Hall–Kier alpha value is -1.88. The summed E-state index contributed by atoms with van der Waals surface area (Å²) in [6.45, 7) is 1.90. The van der Waals surface area contributed by atoms with Gasteiger partial charge < -0.3 is 10.1 Å². The standard InChI is InChI=1S/C13H13ClFN3O/c1-8-12(15)13(18-7-17-8)16-6-9-10(14)4-3-5-11(9)19-2/h3-5,7H,6H2,1-2H3,(H,16,17,18). The Kier molecular flexibility index (Phi) is 4.16. The first-order chi connectivity index (χ1) is 9.13. The summed E-state index contributed by atoms with van der Waals surface area (Å²) >= 11 is 6.10. The molecule has 0 spiro atoms. The number of aromatic nitrogens is 2. The Labute approximate surface area is 115 Å². The van der Waals surface area contributed by atoms with E-state index in [1.807, 2.05) is 0 Å². The molecule has 19 heavy (non-hydrogen) atoms. The van der Waals surface area contributed by atoms with Gasteiger partial charge in [-0.1, -0.05) is 17.7 Å². The molecule has 2 aromatic rings. The fraction of sp³-hybridized carbons (Fsp3) is 0.231. The highest BCUT2D eigenvalue weighted by molar-refractivity contribution is 6.31. The molecule has 0 amide bonds. The SMILES string of the molecule is COc1cccc(Cl)c1CNc1ncnc(C)c1F. The number of aryl methyl sites for hydroxylation is 1. The number of benzene rings is 1. The lowest BCUT2D eigenvalue weighted by molar-refractivity contribution is 0.410. The number of rotatable bonds is 4. The van der Waals surface area contributed by atoms with E-state index in [2.05, 4.69) is 15.3 Å². The van der Waals surface area contributed by atoms with Gasteiger partial charge in [0.15, 0.2) is 11.6 Å². The molecule has 1 aromatic heterocycles. The van der Waals surface area contributed by atoms with Crippen LogP contribution in [0.2, 0.25) is 5.02 Å². The van der Waals surface area contributed by atoms with Gasteiger partial charge in [0, 0.05) is 17.1 Å². The highest BCUT2D eigenvalue weighted by atomic mass is 35.5. The van der Waals surface area contributed by atoms with Crippen molar-refractivity contribution >= 4 is 17.4 Å². The summed E-state index contributed by atoms with van der Waals surface area (Å²) in [6.07, 6.45) is 1.31. The average molecular weight is 282 g/mol. The first-order valence-electron chi connectivity index (χ1n) is 5.66. The van der Waals surface area contributed by atoms with E-state index >= 15 is 0 Å². The molecule has 2 rings (SSSR count). The zero-order valence-electron chi connectivity index (χ0n) is 10.6. The van der Waals surface area contributed by atoms with E-state index in [1.165, 1.54) is 6.33 Å². The van der Waals surface area contributed by atoms with Gasteiger partial charge >= 0.3 is 0 Å². The lowest BCUT2D eigenvalue weighted by atomic mass is 10.2. The molecular weight excluding hydrogens is 269 g/mol. The van der Waals surface area contributed by atoms with Gasteiger partial charge in [-0.3, -0.25) is 0 Å². The van der Waals surface area contributed by atoms with Crippen LogP contribution in [0.15, 0.2) is 24.5 Å². The van der Waals surface area contributed by atoms with Crippen LogP contribution in [0.1, 0.15) is 11.3 Å². The number of hydrogen-bond acceptors (Lipinski definition) is 4. The number of halogens is 2. The summed E-state index contributed by atoms with van der Waals surface area (Å²) in [6, 6.07) is 5.34. The summed E-state index contributed by atoms with van der Waals surface area (Å²) in [5.41, 5.74) is 1.05. The van der Waals surface area contributed by atoms with Crippen LogP contribution < -0.4 is 10.1 Å². The maximum Gasteiger partial charge on any atom is 0.186 e. The highest BCUT2D eigenvalue weighted by Crippen LogP contribution is 2.27. The Morgan fingerprint density at radius 2 is 2.16 bits per heavy atom. The molecule has 0 bridgehead atoms. The predicted octanol–water partition coefficient (Wildman–Crippen LogP) is 3.20. The van der Waals surface area contributed by atoms with Crippen molar-refractivity contribution in [1.29, 1.82) is 0 Å². The van der Waals surface area contributed by atoms with Crippen LogP contribution in [0.5, 0.6) is 5.75 Å². The molecule has 0 unspecified atom stereocenters. The van der Waals surface area contributed by atoms with Crippen molar-refractivity contribution in [3.8, 4) is 5.75 Å². The molecule has 6 heteroatoms. The van der Waals surface area contributed by atoms with Crippen LogP contribution >= 0.6 is 11.6 Å². The molecule has 1 N–H and O–H groups in total. The van der Waals surface area contributed by atoms with Gasteiger partial charge in [-0.05, 0) is 19.1 Å². The largest absolute Gasteiger partial charge is 0.496 e. The van der Waals surface area contributed by atoms with Crippen molar-refractivity contribution in [2.24, 2.45) is 0 Å². The monoisotopic (exact) mass is 281 g/mol. The van der Waals surface area contributed by atoms with E-state index in [4.69, 9.17) is 16.3 Å². The maximum atomic E-state index is 13.7. The fourth-order valence-electron chi connectivity index (χ4n) is 1.65. The van der Waals surface area contributed by atoms with Crippen LogP contribution in [0.4, 0.5) is 10.2 Å². The number of anilines is 1. The molecule has 0 radical (unpaired) electrons. The van der Waals surface area contributed by atoms with Crippen molar-refractivity contribution in [1.82, 2.24) is 9.97 Å². The molecule has 0 atom stereocenters. The smallest absolute Gasteiger partial charge is 0.186 e. The molecule has 0 saturated heterocycles.